The minimum absolute atomic E-state index is 0.828. The largest absolute Gasteiger partial charge is 0.295 e. The fraction of sp³-hybridized carbons (Fsp3) is 1.00. The van der Waals surface area contributed by atoms with Crippen LogP contribution in [0.4, 0.5) is 0 Å². The molecule has 1 nitrogen and oxygen atoms in total. The SMILES string of the molecule is CCCCCCCCCC[C@H]1CN1C(C)CC. The van der Waals surface area contributed by atoms with Crippen LogP contribution in [0.15, 0.2) is 0 Å². The summed E-state index contributed by atoms with van der Waals surface area (Å²) in [5.41, 5.74) is 0. The molecule has 1 heteroatoms. The molecule has 17 heavy (non-hydrogen) atoms. The smallest absolute Gasteiger partial charge is 0.0226 e. The number of rotatable bonds is 11. The van der Waals surface area contributed by atoms with Crippen LogP contribution in [0.2, 0.25) is 0 Å². The van der Waals surface area contributed by atoms with E-state index >= 15 is 0 Å². The third-order valence-corrected chi connectivity index (χ3v) is 4.30. The molecule has 0 N–H and O–H groups in total. The second kappa shape index (κ2) is 8.97. The van der Waals surface area contributed by atoms with Gasteiger partial charge in [0.05, 0.1) is 0 Å². The van der Waals surface area contributed by atoms with Crippen molar-refractivity contribution >= 4 is 0 Å². The zero-order chi connectivity index (χ0) is 12.5. The first-order valence-electron chi connectivity index (χ1n) is 8.05. The Morgan fingerprint density at radius 1 is 0.941 bits per heavy atom. The predicted octanol–water partition coefficient (Wildman–Crippen LogP) is 5.00. The van der Waals surface area contributed by atoms with Gasteiger partial charge in [-0.15, -0.1) is 0 Å². The normalized spacial score (nSPS) is 24.9. The van der Waals surface area contributed by atoms with Crippen LogP contribution in [0, 0.1) is 0 Å². The summed E-state index contributed by atoms with van der Waals surface area (Å²) in [6.45, 7) is 8.34. The quantitative estimate of drug-likeness (QED) is 0.362. The van der Waals surface area contributed by atoms with Gasteiger partial charge in [0.1, 0.15) is 0 Å². The first-order valence-corrected chi connectivity index (χ1v) is 8.05. The molecule has 1 rings (SSSR count). The van der Waals surface area contributed by atoms with Gasteiger partial charge in [-0.05, 0) is 19.8 Å². The Morgan fingerprint density at radius 3 is 2.12 bits per heavy atom. The third-order valence-electron chi connectivity index (χ3n) is 4.30. The van der Waals surface area contributed by atoms with Crippen molar-refractivity contribution in [1.82, 2.24) is 4.90 Å². The van der Waals surface area contributed by atoms with Gasteiger partial charge in [0.25, 0.3) is 0 Å². The van der Waals surface area contributed by atoms with Crippen molar-refractivity contribution in [3.8, 4) is 0 Å². The molecule has 0 saturated carbocycles. The zero-order valence-electron chi connectivity index (χ0n) is 12.4. The van der Waals surface area contributed by atoms with E-state index in [-0.39, 0.29) is 0 Å². The van der Waals surface area contributed by atoms with Crippen molar-refractivity contribution in [3.05, 3.63) is 0 Å². The zero-order valence-corrected chi connectivity index (χ0v) is 12.4. The molecule has 0 spiro atoms. The van der Waals surface area contributed by atoms with Gasteiger partial charge < -0.3 is 0 Å². The van der Waals surface area contributed by atoms with Gasteiger partial charge in [0, 0.05) is 18.6 Å². The molecular formula is C16H33N. The monoisotopic (exact) mass is 239 g/mol. The van der Waals surface area contributed by atoms with Crippen LogP contribution in [0.3, 0.4) is 0 Å². The average Bonchev–Trinajstić information content (AvgIpc) is 3.11. The molecule has 1 saturated heterocycles. The minimum Gasteiger partial charge on any atom is -0.295 e. The summed E-state index contributed by atoms with van der Waals surface area (Å²) in [4.78, 5) is 2.67. The van der Waals surface area contributed by atoms with Gasteiger partial charge >= 0.3 is 0 Å². The van der Waals surface area contributed by atoms with Crippen molar-refractivity contribution in [2.24, 2.45) is 0 Å². The van der Waals surface area contributed by atoms with E-state index in [1.165, 1.54) is 70.8 Å². The molecule has 0 aromatic carbocycles. The first-order chi connectivity index (χ1) is 8.29. The summed E-state index contributed by atoms with van der Waals surface area (Å²) in [5, 5.41) is 0. The fourth-order valence-electron chi connectivity index (χ4n) is 2.74. The van der Waals surface area contributed by atoms with Crippen LogP contribution in [0.5, 0.6) is 0 Å². The van der Waals surface area contributed by atoms with Crippen LogP contribution in [0.25, 0.3) is 0 Å². The van der Waals surface area contributed by atoms with Crippen LogP contribution in [0.1, 0.15) is 85.0 Å². The highest BCUT2D eigenvalue weighted by Gasteiger charge is 2.35. The third kappa shape index (κ3) is 6.45. The van der Waals surface area contributed by atoms with Crippen molar-refractivity contribution in [1.29, 1.82) is 0 Å². The van der Waals surface area contributed by atoms with Crippen LogP contribution < -0.4 is 0 Å². The fourth-order valence-corrected chi connectivity index (χ4v) is 2.74. The summed E-state index contributed by atoms with van der Waals surface area (Å²) in [6, 6.07) is 1.78. The molecule has 3 atom stereocenters. The summed E-state index contributed by atoms with van der Waals surface area (Å²) in [7, 11) is 0. The average molecular weight is 239 g/mol. The molecule has 1 aliphatic heterocycles. The molecule has 0 radical (unpaired) electrons. The number of hydrogen-bond donors (Lipinski definition) is 0. The highest BCUT2D eigenvalue weighted by atomic mass is 15.3. The maximum absolute atomic E-state index is 2.67. The van der Waals surface area contributed by atoms with Gasteiger partial charge in [-0.1, -0.05) is 65.2 Å². The Kier molecular flexibility index (Phi) is 7.92. The minimum atomic E-state index is 0.828. The molecule has 1 aliphatic rings. The first kappa shape index (κ1) is 15.0. The molecule has 102 valence electrons. The lowest BCUT2D eigenvalue weighted by Crippen LogP contribution is -2.15. The van der Waals surface area contributed by atoms with Crippen LogP contribution in [-0.4, -0.2) is 23.5 Å². The summed E-state index contributed by atoms with van der Waals surface area (Å²) < 4.78 is 0. The van der Waals surface area contributed by atoms with E-state index in [1.54, 1.807) is 0 Å². The molecule has 2 unspecified atom stereocenters. The van der Waals surface area contributed by atoms with Crippen molar-refractivity contribution < 1.29 is 0 Å². The molecule has 1 fully saturated rings. The van der Waals surface area contributed by atoms with Crippen molar-refractivity contribution in [3.63, 3.8) is 0 Å². The molecular weight excluding hydrogens is 206 g/mol. The molecule has 0 aliphatic carbocycles. The summed E-state index contributed by atoms with van der Waals surface area (Å²) in [5.74, 6) is 0. The van der Waals surface area contributed by atoms with Gasteiger partial charge in [-0.25, -0.2) is 0 Å². The maximum Gasteiger partial charge on any atom is 0.0226 e. The Morgan fingerprint density at radius 2 is 1.53 bits per heavy atom. The Hall–Kier alpha value is -0.0400. The number of unbranched alkanes of at least 4 members (excludes halogenated alkanes) is 7. The topological polar surface area (TPSA) is 3.01 Å². The van der Waals surface area contributed by atoms with E-state index in [0.29, 0.717) is 0 Å². The van der Waals surface area contributed by atoms with Gasteiger partial charge in [0.15, 0.2) is 0 Å². The van der Waals surface area contributed by atoms with Gasteiger partial charge in [-0.3, -0.25) is 4.90 Å². The molecule has 1 heterocycles. The second-order valence-corrected chi connectivity index (χ2v) is 5.87. The summed E-state index contributed by atoms with van der Waals surface area (Å²) >= 11 is 0. The van der Waals surface area contributed by atoms with Gasteiger partial charge in [-0.2, -0.15) is 0 Å². The van der Waals surface area contributed by atoms with E-state index in [2.05, 4.69) is 25.7 Å². The van der Waals surface area contributed by atoms with E-state index in [0.717, 1.165) is 12.1 Å². The summed E-state index contributed by atoms with van der Waals surface area (Å²) in [6.07, 6.45) is 14.4. The molecule has 0 amide bonds. The van der Waals surface area contributed by atoms with Crippen molar-refractivity contribution in [2.75, 3.05) is 6.54 Å². The standard InChI is InChI=1S/C16H33N/c1-4-6-7-8-9-10-11-12-13-16-14-17(16)15(3)5-2/h15-16H,4-14H2,1-3H3/t15?,16-,17?/m0/s1. The van der Waals surface area contributed by atoms with E-state index < -0.39 is 0 Å². The van der Waals surface area contributed by atoms with E-state index in [4.69, 9.17) is 0 Å². The number of hydrogen-bond acceptors (Lipinski definition) is 1. The maximum atomic E-state index is 2.67. The van der Waals surface area contributed by atoms with Gasteiger partial charge in [0.2, 0.25) is 0 Å². The number of nitrogens with zero attached hydrogens (tertiary/aromatic N) is 1. The lowest BCUT2D eigenvalue weighted by Gasteiger charge is -2.10. The van der Waals surface area contributed by atoms with E-state index in [1.807, 2.05) is 0 Å². The van der Waals surface area contributed by atoms with Crippen molar-refractivity contribution in [2.45, 2.75) is 97.1 Å². The Balaban J connectivity index is 1.80. The van der Waals surface area contributed by atoms with E-state index in [9.17, 15) is 0 Å². The lowest BCUT2D eigenvalue weighted by molar-refractivity contribution is 0.373. The molecule has 0 bridgehead atoms. The lowest BCUT2D eigenvalue weighted by atomic mass is 10.1. The highest BCUT2D eigenvalue weighted by molar-refractivity contribution is 4.91. The molecule has 0 aromatic rings. The Labute approximate surface area is 109 Å². The second-order valence-electron chi connectivity index (χ2n) is 5.87. The highest BCUT2D eigenvalue weighted by Crippen LogP contribution is 2.27. The van der Waals surface area contributed by atoms with Crippen LogP contribution in [-0.2, 0) is 0 Å². The predicted molar refractivity (Wildman–Crippen MR) is 77.5 cm³/mol. The molecule has 0 aromatic heterocycles. The van der Waals surface area contributed by atoms with Crippen LogP contribution >= 0.6 is 0 Å². The Bertz CT molecular complexity index is 178.